The fourth-order valence-corrected chi connectivity index (χ4v) is 1.80. The minimum Gasteiger partial charge on any atom is -0.444 e. The van der Waals surface area contributed by atoms with Crippen LogP contribution in [0.25, 0.3) is 0 Å². The van der Waals surface area contributed by atoms with Gasteiger partial charge in [0, 0.05) is 6.20 Å². The number of amides is 1. The van der Waals surface area contributed by atoms with E-state index in [9.17, 15) is 13.2 Å². The van der Waals surface area contributed by atoms with Crippen molar-refractivity contribution in [3.8, 4) is 0 Å². The average molecular weight is 316 g/mol. The number of anilines is 1. The molecule has 1 rings (SSSR count). The van der Waals surface area contributed by atoms with Crippen LogP contribution < -0.4 is 5.32 Å². The number of hydrogen-bond donors (Lipinski definition) is 1. The molecule has 1 N–H and O–H groups in total. The van der Waals surface area contributed by atoms with E-state index < -0.39 is 21.8 Å². The van der Waals surface area contributed by atoms with Gasteiger partial charge in [0.25, 0.3) is 10.1 Å². The number of pyridine rings is 1. The molecule has 21 heavy (non-hydrogen) atoms. The number of nitrogens with one attached hydrogen (secondary N) is 1. The van der Waals surface area contributed by atoms with Crippen LogP contribution in [0.3, 0.4) is 0 Å². The van der Waals surface area contributed by atoms with E-state index in [4.69, 9.17) is 4.74 Å². The molecule has 0 aromatic carbocycles. The van der Waals surface area contributed by atoms with Gasteiger partial charge in [-0.25, -0.2) is 9.78 Å². The van der Waals surface area contributed by atoms with Crippen molar-refractivity contribution >= 4 is 22.0 Å². The summed E-state index contributed by atoms with van der Waals surface area (Å²) in [4.78, 5) is 15.6. The monoisotopic (exact) mass is 316 g/mol. The largest absolute Gasteiger partial charge is 0.444 e. The molecule has 0 bridgehead atoms. The molecular formula is C13H20N2O5S. The van der Waals surface area contributed by atoms with Gasteiger partial charge >= 0.3 is 6.09 Å². The molecule has 0 radical (unpaired) electrons. The molecular weight excluding hydrogens is 296 g/mol. The lowest BCUT2D eigenvalue weighted by molar-refractivity contribution is 0.0635. The first-order valence-corrected chi connectivity index (χ1v) is 8.16. The minimum atomic E-state index is -3.45. The van der Waals surface area contributed by atoms with Crippen molar-refractivity contribution in [1.29, 1.82) is 0 Å². The third-order valence-corrected chi connectivity index (χ3v) is 2.74. The van der Waals surface area contributed by atoms with Crippen LogP contribution in [0.2, 0.25) is 0 Å². The molecule has 0 unspecified atom stereocenters. The zero-order valence-electron chi connectivity index (χ0n) is 12.5. The third kappa shape index (κ3) is 8.26. The molecule has 0 spiro atoms. The molecule has 1 heterocycles. The Bertz CT molecular complexity index is 593. The number of carbonyl (C=O) groups excluding carboxylic acids is 1. The zero-order valence-corrected chi connectivity index (χ0v) is 13.4. The number of hydrogen-bond acceptors (Lipinski definition) is 6. The lowest BCUT2D eigenvalue weighted by atomic mass is 10.2. The average Bonchev–Trinajstić information content (AvgIpc) is 2.24. The summed E-state index contributed by atoms with van der Waals surface area (Å²) < 4.78 is 31.5. The van der Waals surface area contributed by atoms with Crippen molar-refractivity contribution in [2.24, 2.45) is 0 Å². The summed E-state index contributed by atoms with van der Waals surface area (Å²) in [5.74, 6) is 0.334. The normalized spacial score (nSPS) is 12.0. The number of rotatable bonds is 5. The molecule has 118 valence electrons. The fourth-order valence-electron chi connectivity index (χ4n) is 1.42. The molecule has 7 nitrogen and oxygen atoms in total. The summed E-state index contributed by atoms with van der Waals surface area (Å²) >= 11 is 0. The Balaban J connectivity index is 2.58. The summed E-state index contributed by atoms with van der Waals surface area (Å²) in [5, 5.41) is 2.51. The van der Waals surface area contributed by atoms with Gasteiger partial charge in [0.1, 0.15) is 11.4 Å². The number of ether oxygens (including phenoxy) is 1. The maximum absolute atomic E-state index is 11.6. The predicted octanol–water partition coefficient (Wildman–Crippen LogP) is 1.95. The van der Waals surface area contributed by atoms with Crippen molar-refractivity contribution < 1.29 is 22.1 Å². The van der Waals surface area contributed by atoms with E-state index in [-0.39, 0.29) is 6.61 Å². The van der Waals surface area contributed by atoms with Crippen molar-refractivity contribution in [2.75, 3.05) is 18.2 Å². The summed E-state index contributed by atoms with van der Waals surface area (Å²) in [6.07, 6.45) is 2.30. The van der Waals surface area contributed by atoms with Gasteiger partial charge in [-0.2, -0.15) is 8.42 Å². The van der Waals surface area contributed by atoms with Gasteiger partial charge < -0.3 is 4.74 Å². The van der Waals surface area contributed by atoms with E-state index in [0.717, 1.165) is 11.8 Å². The van der Waals surface area contributed by atoms with Gasteiger partial charge in [-0.15, -0.1) is 0 Å². The Morgan fingerprint density at radius 3 is 2.62 bits per heavy atom. The highest BCUT2D eigenvalue weighted by Crippen LogP contribution is 2.11. The molecule has 0 saturated carbocycles. The molecule has 0 aliphatic heterocycles. The highest BCUT2D eigenvalue weighted by Gasteiger charge is 2.16. The van der Waals surface area contributed by atoms with Crippen LogP contribution in [0.15, 0.2) is 18.3 Å². The van der Waals surface area contributed by atoms with E-state index in [1.165, 1.54) is 6.20 Å². The summed E-state index contributed by atoms with van der Waals surface area (Å²) in [6.45, 7) is 5.32. The lowest BCUT2D eigenvalue weighted by Gasteiger charge is -2.19. The van der Waals surface area contributed by atoms with Crippen molar-refractivity contribution in [1.82, 2.24) is 4.98 Å². The minimum absolute atomic E-state index is 0.0364. The SMILES string of the molecule is CC(C)(C)OC(=O)Nc1cc(CCOS(C)(=O)=O)ccn1. The molecule has 1 amide bonds. The number of nitrogens with zero attached hydrogens (tertiary/aromatic N) is 1. The topological polar surface area (TPSA) is 94.6 Å². The van der Waals surface area contributed by atoms with Gasteiger partial charge in [0.2, 0.25) is 0 Å². The first-order valence-electron chi connectivity index (χ1n) is 6.34. The van der Waals surface area contributed by atoms with E-state index in [2.05, 4.69) is 14.5 Å². The maximum atomic E-state index is 11.6. The Kier molecular flexibility index (Phi) is 5.68. The molecule has 0 saturated heterocycles. The fraction of sp³-hybridized carbons (Fsp3) is 0.538. The van der Waals surface area contributed by atoms with Gasteiger partial charge in [-0.05, 0) is 44.9 Å². The van der Waals surface area contributed by atoms with Crippen LogP contribution in [0.5, 0.6) is 0 Å². The second kappa shape index (κ2) is 6.86. The van der Waals surface area contributed by atoms with Gasteiger partial charge in [-0.1, -0.05) is 0 Å². The van der Waals surface area contributed by atoms with Crippen LogP contribution in [0, 0.1) is 0 Å². The van der Waals surface area contributed by atoms with Crippen LogP contribution in [0.4, 0.5) is 10.6 Å². The molecule has 0 aliphatic carbocycles. The first kappa shape index (κ1) is 17.4. The Morgan fingerprint density at radius 2 is 2.05 bits per heavy atom. The van der Waals surface area contributed by atoms with Crippen LogP contribution in [-0.4, -0.2) is 38.0 Å². The smallest absolute Gasteiger partial charge is 0.413 e. The van der Waals surface area contributed by atoms with Crippen LogP contribution >= 0.6 is 0 Å². The lowest BCUT2D eigenvalue weighted by Crippen LogP contribution is -2.27. The van der Waals surface area contributed by atoms with Gasteiger partial charge in [0.05, 0.1) is 12.9 Å². The van der Waals surface area contributed by atoms with Gasteiger partial charge in [-0.3, -0.25) is 9.50 Å². The van der Waals surface area contributed by atoms with Crippen LogP contribution in [0.1, 0.15) is 26.3 Å². The highest BCUT2D eigenvalue weighted by molar-refractivity contribution is 7.85. The quantitative estimate of drug-likeness (QED) is 0.834. The highest BCUT2D eigenvalue weighted by atomic mass is 32.2. The predicted molar refractivity (Wildman–Crippen MR) is 78.6 cm³/mol. The third-order valence-electron chi connectivity index (χ3n) is 2.14. The number of aromatic nitrogens is 1. The van der Waals surface area contributed by atoms with Crippen LogP contribution in [-0.2, 0) is 25.5 Å². The van der Waals surface area contributed by atoms with Crippen molar-refractivity contribution in [2.45, 2.75) is 32.8 Å². The van der Waals surface area contributed by atoms with E-state index in [0.29, 0.717) is 12.2 Å². The Hall–Kier alpha value is -1.67. The molecule has 0 fully saturated rings. The number of carbonyl (C=O) groups is 1. The molecule has 8 heteroatoms. The second-order valence-corrected chi connectivity index (χ2v) is 7.10. The van der Waals surface area contributed by atoms with Gasteiger partial charge in [0.15, 0.2) is 0 Å². The summed E-state index contributed by atoms with van der Waals surface area (Å²) in [6, 6.07) is 3.35. The van der Waals surface area contributed by atoms with E-state index in [1.54, 1.807) is 32.9 Å². The second-order valence-electron chi connectivity index (χ2n) is 5.45. The molecule has 0 aliphatic rings. The Morgan fingerprint density at radius 1 is 1.38 bits per heavy atom. The van der Waals surface area contributed by atoms with E-state index >= 15 is 0 Å². The molecule has 0 atom stereocenters. The van der Waals surface area contributed by atoms with E-state index in [1.807, 2.05) is 0 Å². The Labute approximate surface area is 124 Å². The maximum Gasteiger partial charge on any atom is 0.413 e. The first-order chi connectivity index (χ1) is 9.55. The summed E-state index contributed by atoms with van der Waals surface area (Å²) in [5.41, 5.74) is 0.199. The standard InChI is InChI=1S/C13H20N2O5S/c1-13(2,3)20-12(16)15-11-9-10(5-7-14-11)6-8-19-21(4,17)18/h5,7,9H,6,8H2,1-4H3,(H,14,15,16). The van der Waals surface area contributed by atoms with Crippen molar-refractivity contribution in [3.63, 3.8) is 0 Å². The molecule has 1 aromatic heterocycles. The molecule has 1 aromatic rings. The zero-order chi connectivity index (χ0) is 16.1. The summed E-state index contributed by atoms with van der Waals surface area (Å²) in [7, 11) is -3.45. The van der Waals surface area contributed by atoms with Crippen molar-refractivity contribution in [3.05, 3.63) is 23.9 Å².